The van der Waals surface area contributed by atoms with E-state index in [9.17, 15) is 0 Å². The molecular formula is C35H21N5. The lowest BCUT2D eigenvalue weighted by Crippen LogP contribution is -2.00. The molecule has 0 atom stereocenters. The van der Waals surface area contributed by atoms with Crippen LogP contribution in [0.25, 0.3) is 77.5 Å². The molecule has 8 aromatic rings. The van der Waals surface area contributed by atoms with Crippen molar-refractivity contribution in [2.24, 2.45) is 0 Å². The van der Waals surface area contributed by atoms with Gasteiger partial charge in [-0.1, -0.05) is 97.1 Å². The summed E-state index contributed by atoms with van der Waals surface area (Å²) in [6.07, 6.45) is 3.75. The van der Waals surface area contributed by atoms with Crippen LogP contribution in [0.5, 0.6) is 0 Å². The van der Waals surface area contributed by atoms with Crippen molar-refractivity contribution in [3.8, 4) is 34.0 Å². The first-order valence-electron chi connectivity index (χ1n) is 13.2. The van der Waals surface area contributed by atoms with Gasteiger partial charge in [0.05, 0.1) is 27.9 Å². The van der Waals surface area contributed by atoms with Crippen molar-refractivity contribution < 1.29 is 0 Å². The van der Waals surface area contributed by atoms with Gasteiger partial charge in [-0.25, -0.2) is 15.0 Å². The van der Waals surface area contributed by atoms with Crippen molar-refractivity contribution in [1.29, 1.82) is 0 Å². The largest absolute Gasteiger partial charge is 0.254 e. The molecule has 0 aliphatic rings. The standard InChI is InChI=1S/C35H21N5/c1-3-10-22(11-4-1)29-20-30(23-12-5-2-6-13-23)40-35(39-29)34-31-26-18-17-24-14-9-19-36-32(24)33(26)37-21-27(31)25-15-7-8-16-28(25)38-34/h1-21H. The molecule has 0 unspecified atom stereocenters. The predicted octanol–water partition coefficient (Wildman–Crippen LogP) is 8.28. The molecule has 186 valence electrons. The smallest absolute Gasteiger partial charge is 0.179 e. The van der Waals surface area contributed by atoms with E-state index in [4.69, 9.17) is 19.9 Å². The van der Waals surface area contributed by atoms with Crippen LogP contribution in [-0.2, 0) is 0 Å². The molecule has 0 spiro atoms. The number of fused-ring (bicyclic) bond motifs is 7. The second-order valence-electron chi connectivity index (χ2n) is 9.76. The van der Waals surface area contributed by atoms with E-state index in [1.165, 1.54) is 0 Å². The van der Waals surface area contributed by atoms with E-state index in [0.29, 0.717) is 5.82 Å². The third-order valence-electron chi connectivity index (χ3n) is 7.35. The lowest BCUT2D eigenvalue weighted by Gasteiger charge is -2.14. The lowest BCUT2D eigenvalue weighted by atomic mass is 9.99. The fourth-order valence-corrected chi connectivity index (χ4v) is 5.46. The summed E-state index contributed by atoms with van der Waals surface area (Å²) >= 11 is 0. The second-order valence-corrected chi connectivity index (χ2v) is 9.76. The molecule has 4 aromatic heterocycles. The molecule has 5 heteroatoms. The number of rotatable bonds is 3. The van der Waals surface area contributed by atoms with Crippen molar-refractivity contribution in [2.45, 2.75) is 0 Å². The molecule has 0 saturated heterocycles. The van der Waals surface area contributed by atoms with Crippen LogP contribution < -0.4 is 0 Å². The number of hydrogen-bond acceptors (Lipinski definition) is 5. The Hall–Kier alpha value is -5.55. The third-order valence-corrected chi connectivity index (χ3v) is 7.35. The van der Waals surface area contributed by atoms with E-state index >= 15 is 0 Å². The van der Waals surface area contributed by atoms with Crippen LogP contribution in [0.2, 0.25) is 0 Å². The molecule has 0 N–H and O–H groups in total. The van der Waals surface area contributed by atoms with Gasteiger partial charge in [0, 0.05) is 50.5 Å². The van der Waals surface area contributed by atoms with Crippen molar-refractivity contribution in [2.75, 3.05) is 0 Å². The Morgan fingerprint density at radius 2 is 1.18 bits per heavy atom. The minimum absolute atomic E-state index is 0.574. The molecule has 40 heavy (non-hydrogen) atoms. The zero-order valence-electron chi connectivity index (χ0n) is 21.4. The Labute approximate surface area is 229 Å². The summed E-state index contributed by atoms with van der Waals surface area (Å²) in [6.45, 7) is 0. The van der Waals surface area contributed by atoms with E-state index in [2.05, 4.69) is 59.6 Å². The zero-order valence-corrected chi connectivity index (χ0v) is 21.4. The molecule has 0 bridgehead atoms. The Balaban J connectivity index is 1.52. The van der Waals surface area contributed by atoms with Crippen LogP contribution in [0.15, 0.2) is 128 Å². The van der Waals surface area contributed by atoms with Crippen LogP contribution >= 0.6 is 0 Å². The molecule has 5 nitrogen and oxygen atoms in total. The first-order chi connectivity index (χ1) is 19.8. The van der Waals surface area contributed by atoms with E-state index < -0.39 is 0 Å². The number of benzene rings is 4. The molecule has 4 aromatic carbocycles. The molecule has 0 radical (unpaired) electrons. The van der Waals surface area contributed by atoms with Gasteiger partial charge in [0.1, 0.15) is 5.69 Å². The number of aromatic nitrogens is 5. The van der Waals surface area contributed by atoms with Gasteiger partial charge in [-0.05, 0) is 18.2 Å². The first-order valence-corrected chi connectivity index (χ1v) is 13.2. The molecule has 8 rings (SSSR count). The number of para-hydroxylation sites is 1. The van der Waals surface area contributed by atoms with Gasteiger partial charge in [0.2, 0.25) is 0 Å². The molecule has 0 aliphatic heterocycles. The Bertz CT molecular complexity index is 2150. The van der Waals surface area contributed by atoms with E-state index in [-0.39, 0.29) is 0 Å². The average Bonchev–Trinajstić information content (AvgIpc) is 3.04. The van der Waals surface area contributed by atoms with Crippen LogP contribution in [0.1, 0.15) is 0 Å². The van der Waals surface area contributed by atoms with Gasteiger partial charge in [0.25, 0.3) is 0 Å². The lowest BCUT2D eigenvalue weighted by molar-refractivity contribution is 1.16. The van der Waals surface area contributed by atoms with Crippen molar-refractivity contribution in [1.82, 2.24) is 24.9 Å². The summed E-state index contributed by atoms with van der Waals surface area (Å²) < 4.78 is 0. The monoisotopic (exact) mass is 511 g/mol. The van der Waals surface area contributed by atoms with Gasteiger partial charge in [-0.2, -0.15) is 0 Å². The van der Waals surface area contributed by atoms with Gasteiger partial charge in [-0.3, -0.25) is 9.97 Å². The van der Waals surface area contributed by atoms with Crippen LogP contribution in [0.4, 0.5) is 0 Å². The molecule has 0 aliphatic carbocycles. The summed E-state index contributed by atoms with van der Waals surface area (Å²) in [5.41, 5.74) is 7.05. The van der Waals surface area contributed by atoms with E-state index in [1.807, 2.05) is 73.1 Å². The molecule has 4 heterocycles. The van der Waals surface area contributed by atoms with Crippen LogP contribution in [-0.4, -0.2) is 24.9 Å². The summed E-state index contributed by atoms with van der Waals surface area (Å²) in [5.74, 6) is 0.574. The van der Waals surface area contributed by atoms with Gasteiger partial charge >= 0.3 is 0 Å². The summed E-state index contributed by atoms with van der Waals surface area (Å²) in [7, 11) is 0. The summed E-state index contributed by atoms with van der Waals surface area (Å²) in [5, 5.41) is 5.05. The van der Waals surface area contributed by atoms with Crippen molar-refractivity contribution in [3.05, 3.63) is 128 Å². The quantitative estimate of drug-likeness (QED) is 0.223. The maximum absolute atomic E-state index is 5.20. The zero-order chi connectivity index (χ0) is 26.5. The Morgan fingerprint density at radius 3 is 1.93 bits per heavy atom. The Morgan fingerprint density at radius 1 is 0.475 bits per heavy atom. The highest BCUT2D eigenvalue weighted by atomic mass is 14.9. The van der Waals surface area contributed by atoms with Gasteiger partial charge in [-0.15, -0.1) is 0 Å². The van der Waals surface area contributed by atoms with Crippen LogP contribution in [0, 0.1) is 0 Å². The average molecular weight is 512 g/mol. The number of pyridine rings is 3. The highest BCUT2D eigenvalue weighted by Gasteiger charge is 2.19. The first kappa shape index (κ1) is 22.4. The maximum atomic E-state index is 5.20. The molecule has 0 amide bonds. The predicted molar refractivity (Wildman–Crippen MR) is 162 cm³/mol. The van der Waals surface area contributed by atoms with Crippen LogP contribution in [0.3, 0.4) is 0 Å². The molecule has 0 saturated carbocycles. The fraction of sp³-hybridized carbons (Fsp3) is 0. The topological polar surface area (TPSA) is 64.5 Å². The summed E-state index contributed by atoms with van der Waals surface area (Å²) in [6, 6.07) is 38.9. The minimum atomic E-state index is 0.574. The Kier molecular flexibility index (Phi) is 5.07. The maximum Gasteiger partial charge on any atom is 0.179 e. The molecule has 0 fully saturated rings. The molecular weight excluding hydrogens is 490 g/mol. The van der Waals surface area contributed by atoms with Gasteiger partial charge in [0.15, 0.2) is 5.82 Å². The third kappa shape index (κ3) is 3.60. The highest BCUT2D eigenvalue weighted by molar-refractivity contribution is 6.22. The minimum Gasteiger partial charge on any atom is -0.254 e. The van der Waals surface area contributed by atoms with E-state index in [1.54, 1.807) is 0 Å². The summed E-state index contributed by atoms with van der Waals surface area (Å²) in [4.78, 5) is 25.0. The fourth-order valence-electron chi connectivity index (χ4n) is 5.46. The highest BCUT2D eigenvalue weighted by Crippen LogP contribution is 2.38. The number of hydrogen-bond donors (Lipinski definition) is 0. The van der Waals surface area contributed by atoms with Crippen molar-refractivity contribution >= 4 is 43.5 Å². The number of nitrogens with zero attached hydrogens (tertiary/aromatic N) is 5. The van der Waals surface area contributed by atoms with E-state index in [0.717, 1.165) is 71.7 Å². The SMILES string of the molecule is c1ccc(-c2cc(-c3ccccc3)nc(-c3nc4ccccc4c4cnc5c(ccc6cccnc65)c34)n2)cc1. The van der Waals surface area contributed by atoms with Gasteiger partial charge < -0.3 is 0 Å². The van der Waals surface area contributed by atoms with Crippen molar-refractivity contribution in [3.63, 3.8) is 0 Å². The second kappa shape index (κ2) is 9.03. The normalized spacial score (nSPS) is 11.5.